The van der Waals surface area contributed by atoms with E-state index in [-0.39, 0.29) is 5.56 Å². The van der Waals surface area contributed by atoms with Gasteiger partial charge in [-0.05, 0) is 77.9 Å². The highest BCUT2D eigenvalue weighted by Gasteiger charge is 2.17. The van der Waals surface area contributed by atoms with E-state index in [2.05, 4.69) is 118 Å². The van der Waals surface area contributed by atoms with Crippen LogP contribution in [-0.2, 0) is 0 Å². The van der Waals surface area contributed by atoms with Crippen molar-refractivity contribution in [2.45, 2.75) is 0 Å². The van der Waals surface area contributed by atoms with Gasteiger partial charge in [0.15, 0.2) is 0 Å². The molecule has 0 unspecified atom stereocenters. The fourth-order valence-corrected chi connectivity index (χ4v) is 6.69. The third kappa shape index (κ3) is 3.47. The van der Waals surface area contributed by atoms with Gasteiger partial charge in [-0.3, -0.25) is 13.8 Å². The Morgan fingerprint density at radius 2 is 1.00 bits per heavy atom. The number of aromatic nitrogens is 3. The van der Waals surface area contributed by atoms with Gasteiger partial charge in [0.2, 0.25) is 0 Å². The molecule has 0 aliphatic heterocycles. The maximum absolute atomic E-state index is 14.1. The summed E-state index contributed by atoms with van der Waals surface area (Å²) in [7, 11) is 0. The first-order valence-corrected chi connectivity index (χ1v) is 14.5. The summed E-state index contributed by atoms with van der Waals surface area (Å²) in [5.41, 5.74) is 9.33. The second-order valence-electron chi connectivity index (χ2n) is 11.0. The molecule has 0 fully saturated rings. The molecule has 4 nitrogen and oxygen atoms in total. The van der Waals surface area contributed by atoms with E-state index in [9.17, 15) is 4.79 Å². The van der Waals surface area contributed by atoms with Crippen LogP contribution in [0.3, 0.4) is 0 Å². The van der Waals surface area contributed by atoms with E-state index in [0.29, 0.717) is 5.39 Å². The van der Waals surface area contributed by atoms with Gasteiger partial charge in [0.25, 0.3) is 5.56 Å². The summed E-state index contributed by atoms with van der Waals surface area (Å²) in [6.07, 6.45) is 0. The molecule has 0 atom stereocenters. The average molecular weight is 552 g/mol. The Bertz CT molecular complexity index is 2570. The Morgan fingerprint density at radius 3 is 1.79 bits per heavy atom. The maximum atomic E-state index is 14.1. The van der Waals surface area contributed by atoms with Gasteiger partial charge in [0, 0.05) is 21.8 Å². The van der Waals surface area contributed by atoms with Crippen LogP contribution in [0.5, 0.6) is 0 Å². The van der Waals surface area contributed by atoms with Gasteiger partial charge in [-0.2, -0.15) is 0 Å². The van der Waals surface area contributed by atoms with Crippen molar-refractivity contribution in [3.63, 3.8) is 0 Å². The van der Waals surface area contributed by atoms with Gasteiger partial charge < -0.3 is 4.57 Å². The van der Waals surface area contributed by atoms with Crippen LogP contribution in [-0.4, -0.2) is 13.5 Å². The molecule has 0 saturated carbocycles. The molecule has 202 valence electrons. The molecule has 6 aromatic carbocycles. The monoisotopic (exact) mass is 551 g/mol. The van der Waals surface area contributed by atoms with Crippen molar-refractivity contribution >= 4 is 49.3 Å². The molecule has 4 heteroatoms. The normalized spacial score (nSPS) is 11.8. The summed E-state index contributed by atoms with van der Waals surface area (Å²) < 4.78 is 6.38. The zero-order valence-electron chi connectivity index (χ0n) is 23.2. The van der Waals surface area contributed by atoms with Crippen LogP contribution in [0, 0.1) is 0 Å². The first kappa shape index (κ1) is 23.8. The number of hydrogen-bond acceptors (Lipinski definition) is 1. The summed E-state index contributed by atoms with van der Waals surface area (Å²) in [5.74, 6) is 0. The summed E-state index contributed by atoms with van der Waals surface area (Å²) in [5, 5.41) is 4.20. The highest BCUT2D eigenvalue weighted by Crippen LogP contribution is 2.36. The van der Waals surface area contributed by atoms with Crippen molar-refractivity contribution in [2.75, 3.05) is 0 Å². The lowest BCUT2D eigenvalue weighted by molar-refractivity contribution is 1.01. The van der Waals surface area contributed by atoms with Gasteiger partial charge in [-0.1, -0.05) is 84.9 Å². The van der Waals surface area contributed by atoms with Crippen LogP contribution in [0.25, 0.3) is 71.8 Å². The molecule has 0 bridgehead atoms. The fraction of sp³-hybridized carbons (Fsp3) is 0. The highest BCUT2D eigenvalue weighted by molar-refractivity contribution is 6.10. The predicted molar refractivity (Wildman–Crippen MR) is 178 cm³/mol. The first-order valence-electron chi connectivity index (χ1n) is 14.5. The van der Waals surface area contributed by atoms with Crippen LogP contribution < -0.4 is 5.56 Å². The molecule has 43 heavy (non-hydrogen) atoms. The Hall–Kier alpha value is -5.87. The average Bonchev–Trinajstić information content (AvgIpc) is 3.61. The van der Waals surface area contributed by atoms with Gasteiger partial charge in [0.05, 0.1) is 33.1 Å². The van der Waals surface area contributed by atoms with Crippen molar-refractivity contribution < 1.29 is 0 Å². The lowest BCUT2D eigenvalue weighted by Gasteiger charge is -2.14. The Kier molecular flexibility index (Phi) is 5.02. The molecule has 0 saturated heterocycles. The molecular weight excluding hydrogens is 526 g/mol. The SMILES string of the molecule is O=c1c2ccc(-c3ccc4c(c3)c3ccccc3n4-c3ccccc3)cc2n2c3ccccc3cc2n1-c1ccccc1. The van der Waals surface area contributed by atoms with E-state index < -0.39 is 0 Å². The predicted octanol–water partition coefficient (Wildman–Crippen LogP) is 9.16. The molecular formula is C39H25N3O. The minimum absolute atomic E-state index is 0.0237. The molecule has 3 aromatic heterocycles. The third-order valence-electron chi connectivity index (χ3n) is 8.63. The lowest BCUT2D eigenvalue weighted by Crippen LogP contribution is -2.21. The van der Waals surface area contributed by atoms with Crippen LogP contribution in [0.1, 0.15) is 0 Å². The van der Waals surface area contributed by atoms with E-state index in [1.54, 1.807) is 0 Å². The van der Waals surface area contributed by atoms with Crippen molar-refractivity contribution in [3.05, 3.63) is 162 Å². The summed E-state index contributed by atoms with van der Waals surface area (Å²) in [6, 6.07) is 52.3. The lowest BCUT2D eigenvalue weighted by atomic mass is 10.0. The van der Waals surface area contributed by atoms with E-state index in [1.165, 1.54) is 21.8 Å². The largest absolute Gasteiger partial charge is 0.309 e. The minimum atomic E-state index is -0.0237. The topological polar surface area (TPSA) is 31.3 Å². The van der Waals surface area contributed by atoms with Crippen molar-refractivity contribution in [1.29, 1.82) is 0 Å². The summed E-state index contributed by atoms with van der Waals surface area (Å²) in [4.78, 5) is 14.1. The molecule has 0 aliphatic carbocycles. The molecule has 0 amide bonds. The Balaban J connectivity index is 1.33. The molecule has 0 spiro atoms. The number of fused-ring (bicyclic) bond motifs is 8. The number of para-hydroxylation sites is 4. The summed E-state index contributed by atoms with van der Waals surface area (Å²) in [6.45, 7) is 0. The molecule has 9 rings (SSSR count). The number of hydrogen-bond donors (Lipinski definition) is 0. The standard InChI is InChI=1S/C39H25N3O/c43-39-32-21-19-27(24-37(32)42-34-17-9-7-11-28(34)25-38(42)41(39)30-14-5-2-6-15-30)26-20-22-36-33(23-26)31-16-8-10-18-35(31)40(36)29-12-3-1-4-13-29/h1-25H. The minimum Gasteiger partial charge on any atom is -0.309 e. The van der Waals surface area contributed by atoms with Gasteiger partial charge in [0.1, 0.15) is 5.65 Å². The molecule has 0 N–H and O–H groups in total. The molecule has 0 radical (unpaired) electrons. The summed E-state index contributed by atoms with van der Waals surface area (Å²) >= 11 is 0. The highest BCUT2D eigenvalue weighted by atomic mass is 16.1. The fourth-order valence-electron chi connectivity index (χ4n) is 6.69. The van der Waals surface area contributed by atoms with Crippen molar-refractivity contribution in [3.8, 4) is 22.5 Å². The molecule has 3 heterocycles. The van der Waals surface area contributed by atoms with Gasteiger partial charge in [-0.25, -0.2) is 0 Å². The molecule has 0 aliphatic rings. The number of rotatable bonds is 3. The first-order chi connectivity index (χ1) is 21.3. The van der Waals surface area contributed by atoms with Crippen molar-refractivity contribution in [2.24, 2.45) is 0 Å². The Morgan fingerprint density at radius 1 is 0.395 bits per heavy atom. The van der Waals surface area contributed by atoms with Gasteiger partial charge in [-0.15, -0.1) is 0 Å². The van der Waals surface area contributed by atoms with Crippen LogP contribution in [0.15, 0.2) is 156 Å². The maximum Gasteiger partial charge on any atom is 0.266 e. The van der Waals surface area contributed by atoms with E-state index in [4.69, 9.17) is 0 Å². The zero-order valence-corrected chi connectivity index (χ0v) is 23.2. The number of benzene rings is 6. The van der Waals surface area contributed by atoms with E-state index in [0.717, 1.165) is 44.6 Å². The van der Waals surface area contributed by atoms with Crippen LogP contribution in [0.2, 0.25) is 0 Å². The number of nitrogens with zero attached hydrogens (tertiary/aromatic N) is 3. The van der Waals surface area contributed by atoms with Crippen LogP contribution >= 0.6 is 0 Å². The second kappa shape index (κ2) is 9.07. The molecule has 9 aromatic rings. The smallest absolute Gasteiger partial charge is 0.266 e. The van der Waals surface area contributed by atoms with Crippen molar-refractivity contribution in [1.82, 2.24) is 13.5 Å². The van der Waals surface area contributed by atoms with Gasteiger partial charge >= 0.3 is 0 Å². The quantitative estimate of drug-likeness (QED) is 0.215. The second-order valence-corrected chi connectivity index (χ2v) is 11.0. The van der Waals surface area contributed by atoms with E-state index in [1.807, 2.05) is 47.0 Å². The third-order valence-corrected chi connectivity index (χ3v) is 8.63. The Labute approximate surface area is 246 Å². The zero-order chi connectivity index (χ0) is 28.5. The van der Waals surface area contributed by atoms with E-state index >= 15 is 0 Å². The van der Waals surface area contributed by atoms with Crippen LogP contribution in [0.4, 0.5) is 0 Å².